The number of esters is 1. The van der Waals surface area contributed by atoms with Crippen LogP contribution >= 0.6 is 0 Å². The van der Waals surface area contributed by atoms with Crippen molar-refractivity contribution in [3.63, 3.8) is 0 Å². The molecule has 7 nitrogen and oxygen atoms in total. The number of amides is 2. The zero-order valence-electron chi connectivity index (χ0n) is 15.3. The summed E-state index contributed by atoms with van der Waals surface area (Å²) in [6.07, 6.45) is 3.17. The zero-order chi connectivity index (χ0) is 18.9. The van der Waals surface area contributed by atoms with Crippen molar-refractivity contribution in [3.8, 4) is 5.75 Å². The largest absolute Gasteiger partial charge is 0.496 e. The van der Waals surface area contributed by atoms with Gasteiger partial charge in [0, 0.05) is 13.1 Å². The van der Waals surface area contributed by atoms with Crippen LogP contribution in [-0.4, -0.2) is 56.0 Å². The number of methoxy groups -OCH3 is 1. The summed E-state index contributed by atoms with van der Waals surface area (Å²) in [6, 6.07) is 6.72. The van der Waals surface area contributed by atoms with Crippen LogP contribution in [0.4, 0.5) is 0 Å². The van der Waals surface area contributed by atoms with Gasteiger partial charge in [-0.1, -0.05) is 19.1 Å². The second kappa shape index (κ2) is 9.79. The molecule has 2 rings (SSSR count). The Morgan fingerprint density at radius 1 is 1.23 bits per heavy atom. The maximum Gasteiger partial charge on any atom is 0.325 e. The number of carbonyl (C=O) groups is 3. The summed E-state index contributed by atoms with van der Waals surface area (Å²) in [5.74, 6) is -0.273. The number of nitrogens with zero attached hydrogens (tertiary/aromatic N) is 1. The van der Waals surface area contributed by atoms with Gasteiger partial charge in [-0.15, -0.1) is 0 Å². The number of para-hydroxylation sites is 1. The summed E-state index contributed by atoms with van der Waals surface area (Å²) in [5.41, 5.74) is 0.331. The smallest absolute Gasteiger partial charge is 0.325 e. The maximum atomic E-state index is 12.2. The third kappa shape index (κ3) is 6.06. The van der Waals surface area contributed by atoms with Gasteiger partial charge in [0.1, 0.15) is 12.3 Å². The van der Waals surface area contributed by atoms with Crippen LogP contribution in [0.25, 0.3) is 0 Å². The van der Waals surface area contributed by atoms with Gasteiger partial charge in [0.2, 0.25) is 0 Å². The molecule has 1 fully saturated rings. The Labute approximate surface area is 153 Å². The molecule has 0 unspecified atom stereocenters. The van der Waals surface area contributed by atoms with Crippen molar-refractivity contribution in [3.05, 3.63) is 29.8 Å². The molecule has 0 aromatic heterocycles. The molecule has 0 spiro atoms. The van der Waals surface area contributed by atoms with Gasteiger partial charge >= 0.3 is 5.97 Å². The Balaban J connectivity index is 1.75. The highest BCUT2D eigenvalue weighted by molar-refractivity contribution is 5.98. The molecule has 1 aromatic carbocycles. The Hall–Kier alpha value is -2.57. The molecule has 0 heterocycles. The van der Waals surface area contributed by atoms with E-state index in [2.05, 4.69) is 5.32 Å². The topological polar surface area (TPSA) is 84.9 Å². The third-order valence-corrected chi connectivity index (χ3v) is 4.12. The van der Waals surface area contributed by atoms with Gasteiger partial charge in [-0.3, -0.25) is 14.4 Å². The minimum Gasteiger partial charge on any atom is -0.496 e. The monoisotopic (exact) mass is 362 g/mol. The van der Waals surface area contributed by atoms with E-state index < -0.39 is 11.9 Å². The van der Waals surface area contributed by atoms with Crippen LogP contribution in [0.5, 0.6) is 5.75 Å². The zero-order valence-corrected chi connectivity index (χ0v) is 15.3. The highest BCUT2D eigenvalue weighted by Gasteiger charge is 2.26. The van der Waals surface area contributed by atoms with E-state index in [-0.39, 0.29) is 19.1 Å². The van der Waals surface area contributed by atoms with Crippen molar-refractivity contribution in [2.45, 2.75) is 26.2 Å². The molecule has 0 radical (unpaired) electrons. The molecule has 26 heavy (non-hydrogen) atoms. The number of rotatable bonds is 10. The molecule has 1 aromatic rings. The Morgan fingerprint density at radius 3 is 2.62 bits per heavy atom. The number of nitrogens with one attached hydrogen (secondary N) is 1. The van der Waals surface area contributed by atoms with E-state index in [0.717, 1.165) is 25.8 Å². The van der Waals surface area contributed by atoms with Crippen LogP contribution in [-0.2, 0) is 14.3 Å². The summed E-state index contributed by atoms with van der Waals surface area (Å²) in [5, 5.41) is 2.48. The van der Waals surface area contributed by atoms with Crippen LogP contribution < -0.4 is 10.1 Å². The number of ether oxygens (including phenoxy) is 2. The molecule has 0 saturated heterocycles. The fourth-order valence-electron chi connectivity index (χ4n) is 2.56. The predicted molar refractivity (Wildman–Crippen MR) is 95.9 cm³/mol. The lowest BCUT2D eigenvalue weighted by molar-refractivity contribution is -0.151. The van der Waals surface area contributed by atoms with E-state index in [0.29, 0.717) is 23.8 Å². The predicted octanol–water partition coefficient (Wildman–Crippen LogP) is 1.62. The fourth-order valence-corrected chi connectivity index (χ4v) is 2.56. The lowest BCUT2D eigenvalue weighted by atomic mass is 10.2. The Kier molecular flexibility index (Phi) is 7.44. The van der Waals surface area contributed by atoms with Crippen molar-refractivity contribution in [1.29, 1.82) is 0 Å². The van der Waals surface area contributed by atoms with Crippen molar-refractivity contribution < 1.29 is 23.9 Å². The van der Waals surface area contributed by atoms with Gasteiger partial charge in [-0.2, -0.15) is 0 Å². The minimum absolute atomic E-state index is 0.192. The average Bonchev–Trinajstić information content (AvgIpc) is 3.47. The number of hydrogen-bond donors (Lipinski definition) is 1. The summed E-state index contributed by atoms with van der Waals surface area (Å²) in [7, 11) is 1.47. The van der Waals surface area contributed by atoms with Gasteiger partial charge < -0.3 is 19.7 Å². The summed E-state index contributed by atoms with van der Waals surface area (Å²) < 4.78 is 10.1. The number of benzene rings is 1. The first kappa shape index (κ1) is 19.8. The van der Waals surface area contributed by atoms with Crippen LogP contribution in [0, 0.1) is 5.92 Å². The van der Waals surface area contributed by atoms with Crippen LogP contribution in [0.3, 0.4) is 0 Å². The van der Waals surface area contributed by atoms with E-state index in [1.54, 1.807) is 29.2 Å². The van der Waals surface area contributed by atoms with Crippen LogP contribution in [0.1, 0.15) is 36.5 Å². The van der Waals surface area contributed by atoms with E-state index >= 15 is 0 Å². The minimum atomic E-state index is -0.649. The highest BCUT2D eigenvalue weighted by atomic mass is 16.5. The van der Waals surface area contributed by atoms with Crippen molar-refractivity contribution in [1.82, 2.24) is 10.2 Å². The highest BCUT2D eigenvalue weighted by Crippen LogP contribution is 2.29. The van der Waals surface area contributed by atoms with Crippen molar-refractivity contribution in [2.75, 3.05) is 33.4 Å². The summed E-state index contributed by atoms with van der Waals surface area (Å²) in [6.45, 7) is 2.80. The first-order valence-corrected chi connectivity index (χ1v) is 8.89. The van der Waals surface area contributed by atoms with E-state index in [1.807, 2.05) is 6.92 Å². The summed E-state index contributed by atoms with van der Waals surface area (Å²) in [4.78, 5) is 37.9. The van der Waals surface area contributed by atoms with Crippen molar-refractivity contribution in [2.24, 2.45) is 5.92 Å². The fraction of sp³-hybridized carbons (Fsp3) is 0.526. The second-order valence-corrected chi connectivity index (χ2v) is 6.33. The van der Waals surface area contributed by atoms with Gasteiger partial charge in [0.15, 0.2) is 6.61 Å². The molecule has 7 heteroatoms. The second-order valence-electron chi connectivity index (χ2n) is 6.33. The molecule has 1 saturated carbocycles. The quantitative estimate of drug-likeness (QED) is 0.639. The molecule has 1 aliphatic rings. The number of carbonyl (C=O) groups excluding carboxylic acids is 3. The van der Waals surface area contributed by atoms with Crippen LogP contribution in [0.15, 0.2) is 24.3 Å². The lowest BCUT2D eigenvalue weighted by Crippen LogP contribution is -2.38. The molecule has 1 N–H and O–H groups in total. The van der Waals surface area contributed by atoms with Gasteiger partial charge in [-0.05, 0) is 37.3 Å². The van der Waals surface area contributed by atoms with Crippen molar-refractivity contribution >= 4 is 17.8 Å². The Morgan fingerprint density at radius 2 is 1.96 bits per heavy atom. The van der Waals surface area contributed by atoms with E-state index in [4.69, 9.17) is 9.47 Å². The Bertz CT molecular complexity index is 643. The third-order valence-electron chi connectivity index (χ3n) is 4.12. The molecule has 0 atom stereocenters. The van der Waals surface area contributed by atoms with Gasteiger partial charge in [0.25, 0.3) is 11.8 Å². The summed E-state index contributed by atoms with van der Waals surface area (Å²) >= 11 is 0. The standard InChI is InChI=1S/C19H26N2O5/c1-3-10-21(12-14-8-9-14)17(22)13-26-18(23)11-20-19(24)15-6-4-5-7-16(15)25-2/h4-7,14H,3,8-13H2,1-2H3,(H,20,24). The maximum absolute atomic E-state index is 12.2. The van der Waals surface area contributed by atoms with E-state index in [9.17, 15) is 14.4 Å². The molecule has 0 bridgehead atoms. The normalized spacial score (nSPS) is 13.0. The molecular formula is C19H26N2O5. The SMILES string of the molecule is CCCN(CC1CC1)C(=O)COC(=O)CNC(=O)c1ccccc1OC. The van der Waals surface area contributed by atoms with Gasteiger partial charge in [-0.25, -0.2) is 0 Å². The molecule has 142 valence electrons. The first-order valence-electron chi connectivity index (χ1n) is 8.89. The first-order chi connectivity index (χ1) is 12.5. The van der Waals surface area contributed by atoms with E-state index in [1.165, 1.54) is 7.11 Å². The molecule has 1 aliphatic carbocycles. The molecule has 2 amide bonds. The molecule has 0 aliphatic heterocycles. The van der Waals surface area contributed by atoms with Crippen LogP contribution in [0.2, 0.25) is 0 Å². The average molecular weight is 362 g/mol. The molecular weight excluding hydrogens is 336 g/mol. The number of hydrogen-bond acceptors (Lipinski definition) is 5. The lowest BCUT2D eigenvalue weighted by Gasteiger charge is -2.21. The van der Waals surface area contributed by atoms with Gasteiger partial charge in [0.05, 0.1) is 12.7 Å².